The predicted octanol–water partition coefficient (Wildman–Crippen LogP) is 4.32. The monoisotopic (exact) mass is 328 g/mol. The Kier molecular flexibility index (Phi) is 2.69. The Morgan fingerprint density at radius 2 is 1.75 bits per heavy atom. The van der Waals surface area contributed by atoms with E-state index >= 15 is 0 Å². The van der Waals surface area contributed by atoms with Crippen molar-refractivity contribution in [3.05, 3.63) is 53.5 Å². The van der Waals surface area contributed by atoms with Crippen molar-refractivity contribution >= 4 is 36.4 Å². The van der Waals surface area contributed by atoms with E-state index in [4.69, 9.17) is 9.15 Å². The molecule has 4 aromatic rings. The quantitative estimate of drug-likeness (QED) is 0.512. The number of hydrogen-bond acceptors (Lipinski definition) is 2. The number of para-hydroxylation sites is 1. The molecule has 98 valence electrons. The summed E-state index contributed by atoms with van der Waals surface area (Å²) in [5.74, 6) is 0.883. The molecule has 0 atom stereocenters. The van der Waals surface area contributed by atoms with Gasteiger partial charge in [-0.25, -0.2) is 0 Å². The van der Waals surface area contributed by atoms with E-state index < -0.39 is 0 Å². The summed E-state index contributed by atoms with van der Waals surface area (Å²) in [6.45, 7) is 0. The van der Waals surface area contributed by atoms with Gasteiger partial charge in [-0.1, -0.05) is 0 Å². The van der Waals surface area contributed by atoms with E-state index in [-0.39, 0.29) is 0 Å². The van der Waals surface area contributed by atoms with Crippen molar-refractivity contribution < 1.29 is 9.15 Å². The molecule has 2 nitrogen and oxygen atoms in total. The molecule has 0 aliphatic rings. The second kappa shape index (κ2) is 4.55. The Hall–Kier alpha value is -1.96. The van der Waals surface area contributed by atoms with Crippen molar-refractivity contribution in [1.82, 2.24) is 0 Å². The van der Waals surface area contributed by atoms with Gasteiger partial charge in [0.1, 0.15) is 0 Å². The Labute approximate surface area is 122 Å². The van der Waals surface area contributed by atoms with Crippen LogP contribution < -0.4 is 4.74 Å². The molecule has 3 heteroatoms. The van der Waals surface area contributed by atoms with Crippen molar-refractivity contribution in [3.63, 3.8) is 0 Å². The molecule has 2 aromatic heterocycles. The van der Waals surface area contributed by atoms with Gasteiger partial charge in [-0.15, -0.1) is 0 Å². The van der Waals surface area contributed by atoms with E-state index in [1.54, 1.807) is 7.11 Å². The van der Waals surface area contributed by atoms with Crippen LogP contribution in [-0.2, 0) is 0 Å². The summed E-state index contributed by atoms with van der Waals surface area (Å²) >= 11 is 0.326. The molecule has 0 bridgehead atoms. The second-order valence-corrected chi connectivity index (χ2v) is 6.48. The van der Waals surface area contributed by atoms with Crippen LogP contribution in [0.25, 0.3) is 31.9 Å². The molecule has 0 aliphatic heterocycles. The van der Waals surface area contributed by atoms with Crippen molar-refractivity contribution in [1.29, 1.82) is 0 Å². The number of ether oxygens (including phenoxy) is 1. The van der Waals surface area contributed by atoms with E-state index in [1.807, 2.05) is 24.3 Å². The maximum absolute atomic E-state index is 6.05. The molecule has 2 aromatic carbocycles. The van der Waals surface area contributed by atoms with Gasteiger partial charge in [-0.2, -0.15) is 0 Å². The zero-order valence-electron chi connectivity index (χ0n) is 10.9. The number of methoxy groups -OCH3 is 1. The van der Waals surface area contributed by atoms with Crippen molar-refractivity contribution in [2.45, 2.75) is 0 Å². The summed E-state index contributed by atoms with van der Waals surface area (Å²) in [6.07, 6.45) is 0. The van der Waals surface area contributed by atoms with E-state index in [0.29, 0.717) is 14.5 Å². The van der Waals surface area contributed by atoms with Crippen molar-refractivity contribution in [2.24, 2.45) is 0 Å². The number of fused-ring (bicyclic) bond motifs is 3. The SMILES string of the molecule is COc1ccc(-c2[se]cc3c2oc2ccccc23)cc1. The Morgan fingerprint density at radius 1 is 0.950 bits per heavy atom. The summed E-state index contributed by atoms with van der Waals surface area (Å²) in [5.41, 5.74) is 3.23. The topological polar surface area (TPSA) is 22.4 Å². The minimum atomic E-state index is 0.326. The van der Waals surface area contributed by atoms with Crippen LogP contribution in [0.3, 0.4) is 0 Å². The molecule has 20 heavy (non-hydrogen) atoms. The van der Waals surface area contributed by atoms with Crippen LogP contribution in [0.5, 0.6) is 5.75 Å². The van der Waals surface area contributed by atoms with Crippen molar-refractivity contribution in [3.8, 4) is 15.8 Å². The number of hydrogen-bond donors (Lipinski definition) is 0. The molecule has 0 saturated carbocycles. The van der Waals surface area contributed by atoms with Crippen LogP contribution in [0, 0.1) is 0 Å². The minimum absolute atomic E-state index is 0.326. The van der Waals surface area contributed by atoms with Crippen LogP contribution >= 0.6 is 0 Å². The summed E-state index contributed by atoms with van der Waals surface area (Å²) in [7, 11) is 1.69. The van der Waals surface area contributed by atoms with Gasteiger partial charge in [0, 0.05) is 0 Å². The van der Waals surface area contributed by atoms with Gasteiger partial charge in [-0.3, -0.25) is 0 Å². The van der Waals surface area contributed by atoms with E-state index in [0.717, 1.165) is 16.9 Å². The first-order chi connectivity index (χ1) is 9.86. The maximum atomic E-state index is 6.05. The molecule has 0 amide bonds. The summed E-state index contributed by atoms with van der Waals surface area (Å²) < 4.78 is 12.6. The van der Waals surface area contributed by atoms with Gasteiger partial charge < -0.3 is 0 Å². The Bertz CT molecular complexity index is 884. The van der Waals surface area contributed by atoms with Gasteiger partial charge in [-0.05, 0) is 0 Å². The molecule has 4 rings (SSSR count). The fourth-order valence-corrected chi connectivity index (χ4v) is 4.56. The van der Waals surface area contributed by atoms with Crippen LogP contribution in [0.15, 0.2) is 57.9 Å². The van der Waals surface area contributed by atoms with Gasteiger partial charge in [0.25, 0.3) is 0 Å². The second-order valence-electron chi connectivity index (χ2n) is 4.63. The normalized spacial score (nSPS) is 11.2. The number of furan rings is 1. The third-order valence-electron chi connectivity index (χ3n) is 3.49. The van der Waals surface area contributed by atoms with E-state index in [1.165, 1.54) is 20.8 Å². The summed E-state index contributed by atoms with van der Waals surface area (Å²) in [5, 5.41) is 2.47. The molecule has 0 unspecified atom stereocenters. The Balaban J connectivity index is 1.94. The average molecular weight is 327 g/mol. The molecule has 0 aliphatic carbocycles. The zero-order valence-corrected chi connectivity index (χ0v) is 12.6. The molecule has 0 fully saturated rings. The molecular weight excluding hydrogens is 315 g/mol. The summed E-state index contributed by atoms with van der Waals surface area (Å²) in [4.78, 5) is 2.31. The molecule has 0 N–H and O–H groups in total. The first kappa shape index (κ1) is 11.8. The van der Waals surface area contributed by atoms with Crippen LogP contribution in [0.2, 0.25) is 0 Å². The average Bonchev–Trinajstić information content (AvgIpc) is 3.06. The molecule has 0 saturated heterocycles. The predicted molar refractivity (Wildman–Crippen MR) is 82.6 cm³/mol. The zero-order chi connectivity index (χ0) is 13.5. The first-order valence-electron chi connectivity index (χ1n) is 6.40. The Morgan fingerprint density at radius 3 is 2.55 bits per heavy atom. The molecule has 2 heterocycles. The van der Waals surface area contributed by atoms with Crippen LogP contribution in [0.4, 0.5) is 0 Å². The molecule has 0 radical (unpaired) electrons. The fourth-order valence-electron chi connectivity index (χ4n) is 2.46. The molecule has 0 spiro atoms. The van der Waals surface area contributed by atoms with Gasteiger partial charge in [0.2, 0.25) is 0 Å². The van der Waals surface area contributed by atoms with Crippen LogP contribution in [0.1, 0.15) is 0 Å². The standard InChI is InChI=1S/C17H12O2Se/c1-18-12-8-6-11(7-9-12)17-16-14(10-20-17)13-4-2-3-5-15(13)19-16/h2-10H,1H3. The number of rotatable bonds is 2. The summed E-state index contributed by atoms with van der Waals surface area (Å²) in [6, 6.07) is 16.4. The number of benzene rings is 2. The third-order valence-corrected chi connectivity index (χ3v) is 5.61. The third kappa shape index (κ3) is 1.71. The van der Waals surface area contributed by atoms with Gasteiger partial charge in [0.15, 0.2) is 0 Å². The van der Waals surface area contributed by atoms with Gasteiger partial charge in [0.05, 0.1) is 0 Å². The molecular formula is C17H12O2Se. The van der Waals surface area contributed by atoms with Crippen molar-refractivity contribution in [2.75, 3.05) is 7.11 Å². The van der Waals surface area contributed by atoms with E-state index in [2.05, 4.69) is 29.2 Å². The first-order valence-corrected chi connectivity index (χ1v) is 8.24. The van der Waals surface area contributed by atoms with E-state index in [9.17, 15) is 0 Å². The van der Waals surface area contributed by atoms with Gasteiger partial charge >= 0.3 is 122 Å². The fraction of sp³-hybridized carbons (Fsp3) is 0.0588. The van der Waals surface area contributed by atoms with Crippen LogP contribution in [-0.4, -0.2) is 21.6 Å².